The predicted molar refractivity (Wildman–Crippen MR) is 75.4 cm³/mol. The van der Waals surface area contributed by atoms with E-state index in [1.807, 2.05) is 12.1 Å². The Bertz CT molecular complexity index is 523. The number of benzene rings is 1. The minimum absolute atomic E-state index is 0.472. The van der Waals surface area contributed by atoms with Crippen LogP contribution in [0.1, 0.15) is 25.3 Å². The lowest BCUT2D eigenvalue weighted by molar-refractivity contribution is 0.869. The molecule has 0 unspecified atom stereocenters. The smallest absolute Gasteiger partial charge is 0.224 e. The number of anilines is 3. The molecule has 0 aliphatic heterocycles. The Kier molecular flexibility index (Phi) is 3.77. The van der Waals surface area contributed by atoms with Crippen molar-refractivity contribution in [3.8, 4) is 0 Å². The molecule has 2 N–H and O–H groups in total. The molecule has 0 amide bonds. The van der Waals surface area contributed by atoms with Crippen molar-refractivity contribution in [2.75, 3.05) is 17.7 Å². The third-order valence-corrected chi connectivity index (χ3v) is 2.72. The summed E-state index contributed by atoms with van der Waals surface area (Å²) >= 11 is 0. The molecule has 18 heavy (non-hydrogen) atoms. The first-order valence-electron chi connectivity index (χ1n) is 6.07. The van der Waals surface area contributed by atoms with Crippen LogP contribution >= 0.6 is 0 Å². The van der Waals surface area contributed by atoms with E-state index < -0.39 is 0 Å². The zero-order valence-corrected chi connectivity index (χ0v) is 10.9. The van der Waals surface area contributed by atoms with Crippen molar-refractivity contribution in [3.05, 3.63) is 42.1 Å². The number of hydrogen-bond acceptors (Lipinski definition) is 4. The van der Waals surface area contributed by atoms with E-state index in [1.165, 1.54) is 5.56 Å². The van der Waals surface area contributed by atoms with Crippen LogP contribution in [0.15, 0.2) is 36.5 Å². The van der Waals surface area contributed by atoms with Gasteiger partial charge in [-0.3, -0.25) is 0 Å². The zero-order chi connectivity index (χ0) is 13.0. The van der Waals surface area contributed by atoms with E-state index in [1.54, 1.807) is 13.2 Å². The van der Waals surface area contributed by atoms with Crippen LogP contribution in [0, 0.1) is 0 Å². The van der Waals surface area contributed by atoms with E-state index in [-0.39, 0.29) is 0 Å². The second kappa shape index (κ2) is 5.49. The van der Waals surface area contributed by atoms with E-state index in [9.17, 15) is 0 Å². The molecule has 0 aliphatic rings. The molecule has 2 rings (SSSR count). The van der Waals surface area contributed by atoms with E-state index in [4.69, 9.17) is 0 Å². The highest BCUT2D eigenvalue weighted by Gasteiger charge is 2.06. The lowest BCUT2D eigenvalue weighted by atomic mass is 10.0. The van der Waals surface area contributed by atoms with Gasteiger partial charge in [0.25, 0.3) is 0 Å². The van der Waals surface area contributed by atoms with Gasteiger partial charge in [-0.15, -0.1) is 0 Å². The van der Waals surface area contributed by atoms with Crippen molar-refractivity contribution in [3.63, 3.8) is 0 Å². The molecule has 4 heteroatoms. The standard InChI is InChI=1S/C14H18N4/c1-10(2)11-6-4-5-7-12(11)17-13-8-9-16-14(15-3)18-13/h4-10H,1-3H3,(H2,15,16,17,18). The molecule has 1 heterocycles. The molecule has 0 radical (unpaired) electrons. The second-order valence-electron chi connectivity index (χ2n) is 4.38. The molecule has 0 atom stereocenters. The maximum absolute atomic E-state index is 4.35. The lowest BCUT2D eigenvalue weighted by Gasteiger charge is -2.14. The SMILES string of the molecule is CNc1nccc(Nc2ccccc2C(C)C)n1. The summed E-state index contributed by atoms with van der Waals surface area (Å²) < 4.78 is 0. The van der Waals surface area contributed by atoms with Gasteiger partial charge in [0, 0.05) is 18.9 Å². The van der Waals surface area contributed by atoms with Gasteiger partial charge in [-0.2, -0.15) is 4.98 Å². The number of nitrogens with one attached hydrogen (secondary N) is 2. The van der Waals surface area contributed by atoms with Gasteiger partial charge in [0.15, 0.2) is 0 Å². The van der Waals surface area contributed by atoms with Crippen molar-refractivity contribution in [2.45, 2.75) is 19.8 Å². The molecule has 2 aromatic rings. The second-order valence-corrected chi connectivity index (χ2v) is 4.38. The molecule has 4 nitrogen and oxygen atoms in total. The highest BCUT2D eigenvalue weighted by atomic mass is 15.1. The molecule has 0 saturated carbocycles. The molecule has 0 aliphatic carbocycles. The molecular formula is C14H18N4. The van der Waals surface area contributed by atoms with Crippen LogP contribution in [0.2, 0.25) is 0 Å². The summed E-state index contributed by atoms with van der Waals surface area (Å²) in [5, 5.41) is 6.27. The number of nitrogens with zero attached hydrogens (tertiary/aromatic N) is 2. The minimum atomic E-state index is 0.472. The van der Waals surface area contributed by atoms with Crippen molar-refractivity contribution < 1.29 is 0 Å². The fourth-order valence-electron chi connectivity index (χ4n) is 1.80. The molecule has 0 fully saturated rings. The first-order chi connectivity index (χ1) is 8.70. The van der Waals surface area contributed by atoms with Crippen molar-refractivity contribution >= 4 is 17.5 Å². The highest BCUT2D eigenvalue weighted by molar-refractivity contribution is 5.61. The van der Waals surface area contributed by atoms with Crippen LogP contribution in [0.3, 0.4) is 0 Å². The van der Waals surface area contributed by atoms with Gasteiger partial charge in [-0.25, -0.2) is 4.98 Å². The summed E-state index contributed by atoms with van der Waals surface area (Å²) in [6, 6.07) is 10.1. The van der Waals surface area contributed by atoms with Crippen molar-refractivity contribution in [1.29, 1.82) is 0 Å². The Hall–Kier alpha value is -2.10. The fourth-order valence-corrected chi connectivity index (χ4v) is 1.80. The maximum Gasteiger partial charge on any atom is 0.224 e. The topological polar surface area (TPSA) is 49.8 Å². The fraction of sp³-hybridized carbons (Fsp3) is 0.286. The Morgan fingerprint density at radius 1 is 1.11 bits per heavy atom. The molecule has 0 saturated heterocycles. The van der Waals surface area contributed by atoms with Gasteiger partial charge >= 0.3 is 0 Å². The predicted octanol–water partition coefficient (Wildman–Crippen LogP) is 3.39. The number of hydrogen-bond donors (Lipinski definition) is 2. The van der Waals surface area contributed by atoms with Crippen LogP contribution < -0.4 is 10.6 Å². The summed E-state index contributed by atoms with van der Waals surface area (Å²) in [6.45, 7) is 4.36. The van der Waals surface area contributed by atoms with Crippen molar-refractivity contribution in [1.82, 2.24) is 9.97 Å². The first kappa shape index (κ1) is 12.4. The summed E-state index contributed by atoms with van der Waals surface area (Å²) in [7, 11) is 1.81. The lowest BCUT2D eigenvalue weighted by Crippen LogP contribution is -2.02. The minimum Gasteiger partial charge on any atom is -0.357 e. The molecule has 0 spiro atoms. The number of para-hydroxylation sites is 1. The van der Waals surface area contributed by atoms with Crippen LogP contribution in [0.25, 0.3) is 0 Å². The van der Waals surface area contributed by atoms with Crippen LogP contribution in [-0.2, 0) is 0 Å². The Morgan fingerprint density at radius 3 is 2.61 bits per heavy atom. The van der Waals surface area contributed by atoms with Gasteiger partial charge in [0.2, 0.25) is 5.95 Å². The normalized spacial score (nSPS) is 10.4. The molecule has 94 valence electrons. The first-order valence-corrected chi connectivity index (χ1v) is 6.07. The van der Waals surface area contributed by atoms with E-state index in [2.05, 4.69) is 52.6 Å². The summed E-state index contributed by atoms with van der Waals surface area (Å²) in [6.07, 6.45) is 1.74. The van der Waals surface area contributed by atoms with Crippen LogP contribution in [-0.4, -0.2) is 17.0 Å². The molecule has 1 aromatic carbocycles. The number of rotatable bonds is 4. The maximum atomic E-state index is 4.35. The average molecular weight is 242 g/mol. The number of aromatic nitrogens is 2. The quantitative estimate of drug-likeness (QED) is 0.863. The van der Waals surface area contributed by atoms with Crippen LogP contribution in [0.4, 0.5) is 17.5 Å². The van der Waals surface area contributed by atoms with Crippen LogP contribution in [0.5, 0.6) is 0 Å². The summed E-state index contributed by atoms with van der Waals surface area (Å²) in [5.41, 5.74) is 2.37. The van der Waals surface area contributed by atoms with Gasteiger partial charge in [-0.1, -0.05) is 32.0 Å². The van der Waals surface area contributed by atoms with E-state index in [0.29, 0.717) is 11.9 Å². The zero-order valence-electron chi connectivity index (χ0n) is 10.9. The van der Waals surface area contributed by atoms with Gasteiger partial charge in [-0.05, 0) is 23.6 Å². The molecular weight excluding hydrogens is 224 g/mol. The van der Waals surface area contributed by atoms with Crippen molar-refractivity contribution in [2.24, 2.45) is 0 Å². The highest BCUT2D eigenvalue weighted by Crippen LogP contribution is 2.26. The van der Waals surface area contributed by atoms with E-state index >= 15 is 0 Å². The third-order valence-electron chi connectivity index (χ3n) is 2.72. The third kappa shape index (κ3) is 2.77. The Balaban J connectivity index is 2.28. The summed E-state index contributed by atoms with van der Waals surface area (Å²) in [5.74, 6) is 1.88. The Morgan fingerprint density at radius 2 is 1.89 bits per heavy atom. The van der Waals surface area contributed by atoms with Gasteiger partial charge in [0.05, 0.1) is 0 Å². The monoisotopic (exact) mass is 242 g/mol. The van der Waals surface area contributed by atoms with Gasteiger partial charge in [0.1, 0.15) is 5.82 Å². The largest absolute Gasteiger partial charge is 0.357 e. The molecule has 0 bridgehead atoms. The van der Waals surface area contributed by atoms with Gasteiger partial charge < -0.3 is 10.6 Å². The average Bonchev–Trinajstić information content (AvgIpc) is 2.39. The Labute approximate surface area is 107 Å². The molecule has 1 aromatic heterocycles. The van der Waals surface area contributed by atoms with E-state index in [0.717, 1.165) is 11.5 Å². The summed E-state index contributed by atoms with van der Waals surface area (Å²) in [4.78, 5) is 8.45.